The lowest BCUT2D eigenvalue weighted by atomic mass is 9.60. The van der Waals surface area contributed by atoms with Crippen LogP contribution >= 0.6 is 0 Å². The fraction of sp³-hybridized carbons (Fsp3) is 1.00. The molecule has 0 aromatic rings. The lowest BCUT2D eigenvalue weighted by Gasteiger charge is -2.51. The number of likely N-dealkylation sites (tertiary alicyclic amines) is 1. The minimum Gasteiger partial charge on any atom is -0.300 e. The number of nitroso groups, excluding NO2 is 1. The first kappa shape index (κ1) is 12.6. The van der Waals surface area contributed by atoms with Crippen LogP contribution in [0.5, 0.6) is 0 Å². The summed E-state index contributed by atoms with van der Waals surface area (Å²) in [5, 5.41) is 3.20. The van der Waals surface area contributed by atoms with Crippen LogP contribution < -0.4 is 0 Å². The van der Waals surface area contributed by atoms with E-state index in [1.54, 1.807) is 0 Å². The molecule has 1 heterocycles. The summed E-state index contributed by atoms with van der Waals surface area (Å²) in [4.78, 5) is 13.2. The minimum atomic E-state index is 0.145. The molecule has 0 radical (unpaired) electrons. The first-order valence-electron chi connectivity index (χ1n) is 7.77. The predicted octanol–water partition coefficient (Wildman–Crippen LogP) is 3.58. The number of nitrogens with zero attached hydrogens (tertiary/aromatic N) is 2. The largest absolute Gasteiger partial charge is 0.300 e. The van der Waals surface area contributed by atoms with Crippen molar-refractivity contribution in [1.82, 2.24) is 4.90 Å². The van der Waals surface area contributed by atoms with Crippen molar-refractivity contribution in [1.29, 1.82) is 0 Å². The van der Waals surface area contributed by atoms with Gasteiger partial charge in [0, 0.05) is 6.04 Å². The Hall–Kier alpha value is -0.440. The summed E-state index contributed by atoms with van der Waals surface area (Å²) in [7, 11) is 0. The van der Waals surface area contributed by atoms with Crippen LogP contribution in [0.3, 0.4) is 0 Å². The van der Waals surface area contributed by atoms with E-state index < -0.39 is 0 Å². The van der Waals surface area contributed by atoms with Crippen molar-refractivity contribution >= 4 is 0 Å². The second-order valence-corrected chi connectivity index (χ2v) is 7.12. The number of rotatable bonds is 2. The standard InChI is InChI=1S/C15H26N2O/c1-12-2-4-14(5-3-12)17-8-6-15(7-9-17)10-13(11-15)16-18/h12-14H,2-11H2,1H3. The molecule has 0 amide bonds. The molecule has 1 spiro atoms. The summed E-state index contributed by atoms with van der Waals surface area (Å²) in [5.74, 6) is 0.948. The Labute approximate surface area is 110 Å². The molecule has 0 atom stereocenters. The molecule has 0 bridgehead atoms. The molecule has 3 heteroatoms. The maximum Gasteiger partial charge on any atom is 0.0930 e. The van der Waals surface area contributed by atoms with Crippen molar-refractivity contribution in [2.75, 3.05) is 13.1 Å². The van der Waals surface area contributed by atoms with E-state index >= 15 is 0 Å². The third kappa shape index (κ3) is 2.34. The van der Waals surface area contributed by atoms with Crippen LogP contribution in [0.2, 0.25) is 0 Å². The van der Waals surface area contributed by atoms with Gasteiger partial charge in [0.15, 0.2) is 0 Å². The molecule has 3 nitrogen and oxygen atoms in total. The molecule has 3 aliphatic rings. The quantitative estimate of drug-likeness (QED) is 0.702. The number of hydrogen-bond donors (Lipinski definition) is 0. The van der Waals surface area contributed by atoms with Crippen LogP contribution in [-0.4, -0.2) is 30.1 Å². The summed E-state index contributed by atoms with van der Waals surface area (Å²) < 4.78 is 0. The third-order valence-electron chi connectivity index (χ3n) is 5.85. The van der Waals surface area contributed by atoms with Crippen molar-refractivity contribution in [3.8, 4) is 0 Å². The molecule has 102 valence electrons. The summed E-state index contributed by atoms with van der Waals surface area (Å²) in [6.07, 6.45) is 10.4. The van der Waals surface area contributed by atoms with E-state index in [0.29, 0.717) is 5.41 Å². The SMILES string of the molecule is CC1CCC(N2CCC3(CC2)CC(N=O)C3)CC1. The Morgan fingerprint density at radius 2 is 1.67 bits per heavy atom. The highest BCUT2D eigenvalue weighted by Gasteiger charge is 2.47. The Bertz CT molecular complexity index is 294. The zero-order chi connectivity index (χ0) is 12.6. The van der Waals surface area contributed by atoms with Crippen LogP contribution in [0.4, 0.5) is 0 Å². The fourth-order valence-corrected chi connectivity index (χ4v) is 4.39. The molecule has 1 saturated heterocycles. The molecule has 0 unspecified atom stereocenters. The van der Waals surface area contributed by atoms with Crippen molar-refractivity contribution in [2.45, 2.75) is 70.4 Å². The van der Waals surface area contributed by atoms with Gasteiger partial charge in [-0.1, -0.05) is 12.1 Å². The van der Waals surface area contributed by atoms with Gasteiger partial charge >= 0.3 is 0 Å². The fourth-order valence-electron chi connectivity index (χ4n) is 4.39. The molecule has 1 aliphatic heterocycles. The Balaban J connectivity index is 1.47. The van der Waals surface area contributed by atoms with Crippen LogP contribution in [0.1, 0.15) is 58.3 Å². The van der Waals surface area contributed by atoms with E-state index in [9.17, 15) is 4.91 Å². The van der Waals surface area contributed by atoms with Gasteiger partial charge in [0.1, 0.15) is 0 Å². The van der Waals surface area contributed by atoms with E-state index in [1.165, 1.54) is 51.6 Å². The number of hydrogen-bond acceptors (Lipinski definition) is 3. The van der Waals surface area contributed by atoms with Gasteiger partial charge in [-0.3, -0.25) is 0 Å². The molecule has 0 N–H and O–H groups in total. The van der Waals surface area contributed by atoms with Crippen molar-refractivity contribution in [3.05, 3.63) is 4.91 Å². The molecule has 3 fully saturated rings. The van der Waals surface area contributed by atoms with E-state index in [4.69, 9.17) is 0 Å². The van der Waals surface area contributed by atoms with Crippen molar-refractivity contribution in [3.63, 3.8) is 0 Å². The molecular weight excluding hydrogens is 224 g/mol. The van der Waals surface area contributed by atoms with E-state index in [-0.39, 0.29) is 6.04 Å². The van der Waals surface area contributed by atoms with Crippen LogP contribution in [-0.2, 0) is 0 Å². The van der Waals surface area contributed by atoms with E-state index in [2.05, 4.69) is 17.0 Å². The second-order valence-electron chi connectivity index (χ2n) is 7.12. The van der Waals surface area contributed by atoms with Crippen LogP contribution in [0.25, 0.3) is 0 Å². The molecule has 3 rings (SSSR count). The highest BCUT2D eigenvalue weighted by atomic mass is 16.3. The minimum absolute atomic E-state index is 0.145. The Kier molecular flexibility index (Phi) is 3.44. The average molecular weight is 250 g/mol. The Morgan fingerprint density at radius 3 is 2.22 bits per heavy atom. The highest BCUT2D eigenvalue weighted by molar-refractivity contribution is 5.01. The molecular formula is C15H26N2O. The molecule has 0 aromatic heterocycles. The first-order valence-corrected chi connectivity index (χ1v) is 7.77. The van der Waals surface area contributed by atoms with E-state index in [1.807, 2.05) is 0 Å². The summed E-state index contributed by atoms with van der Waals surface area (Å²) in [6.45, 7) is 4.93. The Morgan fingerprint density at radius 1 is 1.06 bits per heavy atom. The first-order chi connectivity index (χ1) is 8.71. The van der Waals surface area contributed by atoms with Crippen molar-refractivity contribution in [2.24, 2.45) is 16.5 Å². The highest BCUT2D eigenvalue weighted by Crippen LogP contribution is 2.50. The van der Waals surface area contributed by atoms with E-state index in [0.717, 1.165) is 24.8 Å². The topological polar surface area (TPSA) is 32.7 Å². The lowest BCUT2D eigenvalue weighted by molar-refractivity contribution is -0.00481. The van der Waals surface area contributed by atoms with Gasteiger partial charge in [0.2, 0.25) is 0 Å². The van der Waals surface area contributed by atoms with Gasteiger partial charge in [-0.05, 0) is 75.8 Å². The molecule has 2 aliphatic carbocycles. The molecule has 18 heavy (non-hydrogen) atoms. The van der Waals surface area contributed by atoms with Gasteiger partial charge in [-0.15, -0.1) is 0 Å². The van der Waals surface area contributed by atoms with Gasteiger partial charge in [-0.2, -0.15) is 4.91 Å². The van der Waals surface area contributed by atoms with Crippen molar-refractivity contribution < 1.29 is 0 Å². The van der Waals surface area contributed by atoms with Gasteiger partial charge in [0.25, 0.3) is 0 Å². The van der Waals surface area contributed by atoms with Crippen LogP contribution in [0, 0.1) is 16.2 Å². The van der Waals surface area contributed by atoms with Gasteiger partial charge in [0.05, 0.1) is 6.04 Å². The van der Waals surface area contributed by atoms with Gasteiger partial charge in [-0.25, -0.2) is 0 Å². The smallest absolute Gasteiger partial charge is 0.0930 e. The number of piperidine rings is 1. The average Bonchev–Trinajstić information content (AvgIpc) is 2.37. The molecule has 0 aromatic carbocycles. The summed E-state index contributed by atoms with van der Waals surface area (Å²) in [6, 6.07) is 1.01. The summed E-state index contributed by atoms with van der Waals surface area (Å²) in [5.41, 5.74) is 0.511. The monoisotopic (exact) mass is 250 g/mol. The zero-order valence-electron chi connectivity index (χ0n) is 11.6. The third-order valence-corrected chi connectivity index (χ3v) is 5.85. The normalized spacial score (nSPS) is 37.4. The predicted molar refractivity (Wildman–Crippen MR) is 73.5 cm³/mol. The maximum atomic E-state index is 10.5. The lowest BCUT2D eigenvalue weighted by Crippen LogP contribution is -2.51. The van der Waals surface area contributed by atoms with Crippen LogP contribution in [0.15, 0.2) is 5.18 Å². The molecule has 2 saturated carbocycles. The summed E-state index contributed by atoms with van der Waals surface area (Å²) >= 11 is 0. The zero-order valence-corrected chi connectivity index (χ0v) is 11.6. The van der Waals surface area contributed by atoms with Gasteiger partial charge < -0.3 is 4.90 Å². The maximum absolute atomic E-state index is 10.5. The second kappa shape index (κ2) is 4.92.